The van der Waals surface area contributed by atoms with Gasteiger partial charge in [0.15, 0.2) is 0 Å². The first-order valence-corrected chi connectivity index (χ1v) is 11.2. The van der Waals surface area contributed by atoms with Crippen molar-refractivity contribution in [3.63, 3.8) is 0 Å². The van der Waals surface area contributed by atoms with E-state index in [0.29, 0.717) is 4.90 Å². The Morgan fingerprint density at radius 1 is 0.704 bits per heavy atom. The van der Waals surface area contributed by atoms with Gasteiger partial charge in [0.2, 0.25) is 10.0 Å². The number of aryl methyl sites for hydroxylation is 2. The first-order valence-electron chi connectivity index (χ1n) is 8.84. The summed E-state index contributed by atoms with van der Waals surface area (Å²) < 4.78 is 28.6. The normalized spacial score (nSPS) is 20.2. The molecule has 4 rings (SSSR count). The largest absolute Gasteiger partial charge is 0.245 e. The molecule has 0 unspecified atom stereocenters. The molecule has 3 aromatic carbocycles. The van der Waals surface area contributed by atoms with E-state index in [-0.39, 0.29) is 10.7 Å². The van der Waals surface area contributed by atoms with Gasteiger partial charge in [0.05, 0.1) is 15.6 Å². The Kier molecular flexibility index (Phi) is 4.84. The number of rotatable bonds is 4. The Bertz CT molecular complexity index is 1030. The molecule has 1 aliphatic heterocycles. The third-order valence-electron chi connectivity index (χ3n) is 4.76. The fourth-order valence-corrected chi connectivity index (χ4v) is 6.80. The van der Waals surface area contributed by atoms with Crippen LogP contribution in [0.1, 0.15) is 33.0 Å². The minimum atomic E-state index is -3.61. The van der Waals surface area contributed by atoms with Crippen molar-refractivity contribution in [3.8, 4) is 0 Å². The minimum absolute atomic E-state index is 0.219. The third kappa shape index (κ3) is 3.43. The van der Waals surface area contributed by atoms with E-state index in [9.17, 15) is 8.42 Å². The van der Waals surface area contributed by atoms with Crippen molar-refractivity contribution in [2.45, 2.75) is 29.5 Å². The quantitative estimate of drug-likeness (QED) is 0.590. The highest BCUT2D eigenvalue weighted by atomic mass is 32.2. The maximum Gasteiger partial charge on any atom is 0.245 e. The molecular formula is C22H21NO2S2. The predicted molar refractivity (Wildman–Crippen MR) is 111 cm³/mol. The second kappa shape index (κ2) is 7.15. The van der Waals surface area contributed by atoms with E-state index in [1.807, 2.05) is 80.6 Å². The number of sulfonamides is 1. The average Bonchev–Trinajstić information content (AvgIpc) is 2.63. The van der Waals surface area contributed by atoms with Crippen molar-refractivity contribution in [1.82, 2.24) is 4.31 Å². The number of hydrogen-bond donors (Lipinski definition) is 0. The highest BCUT2D eigenvalue weighted by molar-refractivity contribution is 8.03. The molecule has 0 aromatic heterocycles. The lowest BCUT2D eigenvalue weighted by Gasteiger charge is -2.46. The minimum Gasteiger partial charge on any atom is -0.207 e. The SMILES string of the molecule is Cc1ccc([C@H]2S[C@@H](c3ccccc3)N2S(=O)(=O)c2ccc(C)cc2)cc1. The zero-order valence-corrected chi connectivity index (χ0v) is 16.9. The van der Waals surface area contributed by atoms with E-state index in [1.165, 1.54) is 0 Å². The van der Waals surface area contributed by atoms with E-state index < -0.39 is 10.0 Å². The second-order valence-electron chi connectivity index (χ2n) is 6.81. The Morgan fingerprint density at radius 2 is 1.19 bits per heavy atom. The van der Waals surface area contributed by atoms with Crippen LogP contribution in [0.5, 0.6) is 0 Å². The number of benzene rings is 3. The Morgan fingerprint density at radius 3 is 1.74 bits per heavy atom. The summed E-state index contributed by atoms with van der Waals surface area (Å²) in [5, 5.41) is -0.439. The maximum atomic E-state index is 13.5. The van der Waals surface area contributed by atoms with Crippen LogP contribution in [0, 0.1) is 13.8 Å². The zero-order chi connectivity index (χ0) is 19.0. The summed E-state index contributed by atoms with van der Waals surface area (Å²) in [5.41, 5.74) is 4.22. The molecule has 5 heteroatoms. The Balaban J connectivity index is 1.76. The van der Waals surface area contributed by atoms with Gasteiger partial charge in [-0.05, 0) is 37.1 Å². The van der Waals surface area contributed by atoms with Crippen molar-refractivity contribution < 1.29 is 8.42 Å². The first-order chi connectivity index (χ1) is 13.0. The summed E-state index contributed by atoms with van der Waals surface area (Å²) in [6.07, 6.45) is 0. The topological polar surface area (TPSA) is 37.4 Å². The summed E-state index contributed by atoms with van der Waals surface area (Å²) in [6.45, 7) is 3.99. The van der Waals surface area contributed by atoms with Gasteiger partial charge in [-0.15, -0.1) is 11.8 Å². The lowest BCUT2D eigenvalue weighted by Crippen LogP contribution is -2.43. The molecule has 27 heavy (non-hydrogen) atoms. The summed E-state index contributed by atoms with van der Waals surface area (Å²) in [4.78, 5) is 0.339. The van der Waals surface area contributed by atoms with E-state index in [2.05, 4.69) is 0 Å². The number of hydrogen-bond acceptors (Lipinski definition) is 3. The Hall–Kier alpha value is -2.08. The highest BCUT2D eigenvalue weighted by Crippen LogP contribution is 2.59. The molecule has 2 atom stereocenters. The van der Waals surface area contributed by atoms with Gasteiger partial charge in [-0.25, -0.2) is 8.42 Å². The molecule has 0 spiro atoms. The molecule has 1 saturated heterocycles. The first kappa shape index (κ1) is 18.3. The van der Waals surface area contributed by atoms with Crippen molar-refractivity contribution >= 4 is 21.8 Å². The van der Waals surface area contributed by atoms with Crippen molar-refractivity contribution in [2.24, 2.45) is 0 Å². The summed E-state index contributed by atoms with van der Waals surface area (Å²) >= 11 is 1.67. The van der Waals surface area contributed by atoms with Gasteiger partial charge in [-0.2, -0.15) is 4.31 Å². The van der Waals surface area contributed by atoms with Gasteiger partial charge in [0.1, 0.15) is 0 Å². The molecule has 0 saturated carbocycles. The van der Waals surface area contributed by atoms with Gasteiger partial charge >= 0.3 is 0 Å². The van der Waals surface area contributed by atoms with E-state index in [1.54, 1.807) is 28.2 Å². The van der Waals surface area contributed by atoms with Crippen LogP contribution in [-0.4, -0.2) is 12.7 Å². The number of nitrogens with zero attached hydrogens (tertiary/aromatic N) is 1. The molecule has 1 fully saturated rings. The third-order valence-corrected chi connectivity index (χ3v) is 8.39. The molecule has 1 aliphatic rings. The fourth-order valence-electron chi connectivity index (χ4n) is 3.19. The van der Waals surface area contributed by atoms with E-state index in [0.717, 1.165) is 22.3 Å². The Labute approximate surface area is 165 Å². The summed E-state index contributed by atoms with van der Waals surface area (Å²) in [5.74, 6) is 0. The lowest BCUT2D eigenvalue weighted by atomic mass is 10.1. The average molecular weight is 396 g/mol. The van der Waals surface area contributed by atoms with Crippen molar-refractivity contribution in [3.05, 3.63) is 101 Å². The van der Waals surface area contributed by atoms with Crippen LogP contribution in [0.4, 0.5) is 0 Å². The van der Waals surface area contributed by atoms with Crippen LogP contribution >= 0.6 is 11.8 Å². The molecule has 0 amide bonds. The molecule has 0 radical (unpaired) electrons. The molecule has 1 heterocycles. The number of thioether (sulfide) groups is 1. The van der Waals surface area contributed by atoms with E-state index >= 15 is 0 Å². The van der Waals surface area contributed by atoms with E-state index in [4.69, 9.17) is 0 Å². The fraction of sp³-hybridized carbons (Fsp3) is 0.182. The highest BCUT2D eigenvalue weighted by Gasteiger charge is 2.48. The smallest absolute Gasteiger partial charge is 0.207 e. The van der Waals surface area contributed by atoms with Crippen LogP contribution in [0.3, 0.4) is 0 Å². The van der Waals surface area contributed by atoms with Gasteiger partial charge in [0.25, 0.3) is 0 Å². The van der Waals surface area contributed by atoms with Gasteiger partial charge in [-0.1, -0.05) is 77.9 Å². The van der Waals surface area contributed by atoms with Gasteiger partial charge in [0, 0.05) is 0 Å². The summed E-state index contributed by atoms with van der Waals surface area (Å²) in [6, 6.07) is 25.0. The van der Waals surface area contributed by atoms with Gasteiger partial charge < -0.3 is 0 Å². The van der Waals surface area contributed by atoms with Crippen LogP contribution in [0.2, 0.25) is 0 Å². The van der Waals surface area contributed by atoms with Crippen LogP contribution < -0.4 is 0 Å². The van der Waals surface area contributed by atoms with Crippen molar-refractivity contribution in [1.29, 1.82) is 0 Å². The predicted octanol–water partition coefficient (Wildman–Crippen LogP) is 5.44. The molecular weight excluding hydrogens is 374 g/mol. The summed E-state index contributed by atoms with van der Waals surface area (Å²) in [7, 11) is -3.61. The molecule has 0 aliphatic carbocycles. The monoisotopic (exact) mass is 395 g/mol. The molecule has 3 nitrogen and oxygen atoms in total. The zero-order valence-electron chi connectivity index (χ0n) is 15.2. The van der Waals surface area contributed by atoms with Gasteiger partial charge in [-0.3, -0.25) is 0 Å². The lowest BCUT2D eigenvalue weighted by molar-refractivity contribution is 0.344. The molecule has 0 N–H and O–H groups in total. The second-order valence-corrected chi connectivity index (χ2v) is 9.82. The van der Waals surface area contributed by atoms with Crippen LogP contribution in [0.25, 0.3) is 0 Å². The molecule has 3 aromatic rings. The maximum absolute atomic E-state index is 13.5. The molecule has 138 valence electrons. The molecule has 0 bridgehead atoms. The van der Waals surface area contributed by atoms with Crippen LogP contribution in [-0.2, 0) is 10.0 Å². The standard InChI is InChI=1S/C22H21NO2S2/c1-16-8-12-19(13-9-16)22-23(21(26-22)18-6-4-3-5-7-18)27(24,25)20-14-10-17(2)11-15-20/h3-15,21-22H,1-2H3/t21-,22+/m0/s1. The van der Waals surface area contributed by atoms with Crippen molar-refractivity contribution in [2.75, 3.05) is 0 Å². The van der Waals surface area contributed by atoms with Crippen LogP contribution in [0.15, 0.2) is 83.8 Å².